The molecule has 1 aromatic rings. The van der Waals surface area contributed by atoms with Gasteiger partial charge in [0.2, 0.25) is 0 Å². The van der Waals surface area contributed by atoms with E-state index in [0.29, 0.717) is 10.7 Å². The smallest absolute Gasteiger partial charge is 0.411 e. The number of benzene rings is 1. The molecular weight excluding hydrogens is 242 g/mol. The van der Waals surface area contributed by atoms with E-state index in [1.165, 1.54) is 6.92 Å². The number of nitriles is 1. The number of anilines is 1. The summed E-state index contributed by atoms with van der Waals surface area (Å²) in [6, 6.07) is 8.37. The van der Waals surface area contributed by atoms with Crippen molar-refractivity contribution in [1.29, 1.82) is 5.26 Å². The Morgan fingerprint density at radius 1 is 1.59 bits per heavy atom. The lowest BCUT2D eigenvalue weighted by molar-refractivity contribution is 0.146. The lowest BCUT2D eigenvalue weighted by atomic mass is 10.1. The first-order valence-electron chi connectivity index (χ1n) is 4.82. The standard InChI is InChI=1S/C11H12ClN3O2/c1-11(14,6-13)7-17-10(16)15-9-4-2-8(12)3-5-9/h2-5H,7,14H2,1H3,(H,15,16). The molecule has 17 heavy (non-hydrogen) atoms. The van der Waals surface area contributed by atoms with E-state index in [9.17, 15) is 4.79 Å². The Morgan fingerprint density at radius 3 is 2.71 bits per heavy atom. The quantitative estimate of drug-likeness (QED) is 0.864. The van der Waals surface area contributed by atoms with Crippen LogP contribution in [0.2, 0.25) is 5.02 Å². The molecule has 6 heteroatoms. The van der Waals surface area contributed by atoms with Gasteiger partial charge in [-0.3, -0.25) is 5.32 Å². The molecule has 0 heterocycles. The van der Waals surface area contributed by atoms with Gasteiger partial charge in [0.25, 0.3) is 0 Å². The van der Waals surface area contributed by atoms with Gasteiger partial charge in [-0.1, -0.05) is 11.6 Å². The highest BCUT2D eigenvalue weighted by atomic mass is 35.5. The SMILES string of the molecule is CC(N)(C#N)COC(=O)Nc1ccc(Cl)cc1. The minimum atomic E-state index is -1.18. The number of rotatable bonds is 3. The second-order valence-electron chi connectivity index (χ2n) is 3.74. The van der Waals surface area contributed by atoms with Gasteiger partial charge in [0.05, 0.1) is 6.07 Å². The van der Waals surface area contributed by atoms with Crippen molar-refractivity contribution in [3.8, 4) is 6.07 Å². The highest BCUT2D eigenvalue weighted by Gasteiger charge is 2.19. The molecule has 1 atom stereocenters. The lowest BCUT2D eigenvalue weighted by Gasteiger charge is -2.15. The van der Waals surface area contributed by atoms with Gasteiger partial charge in [0.1, 0.15) is 12.1 Å². The largest absolute Gasteiger partial charge is 0.446 e. The molecule has 3 N–H and O–H groups in total. The van der Waals surface area contributed by atoms with Gasteiger partial charge in [-0.15, -0.1) is 0 Å². The first-order valence-corrected chi connectivity index (χ1v) is 5.20. The number of carbonyl (C=O) groups excluding carboxylic acids is 1. The Kier molecular flexibility index (Phi) is 4.32. The van der Waals surface area contributed by atoms with Gasteiger partial charge in [-0.05, 0) is 31.2 Å². The van der Waals surface area contributed by atoms with E-state index in [2.05, 4.69) is 5.32 Å². The predicted octanol–water partition coefficient (Wildman–Crippen LogP) is 2.13. The molecule has 1 aromatic carbocycles. The zero-order valence-electron chi connectivity index (χ0n) is 9.24. The van der Waals surface area contributed by atoms with Crippen LogP contribution in [0.5, 0.6) is 0 Å². The van der Waals surface area contributed by atoms with Gasteiger partial charge in [0.15, 0.2) is 0 Å². The van der Waals surface area contributed by atoms with E-state index in [1.54, 1.807) is 24.3 Å². The van der Waals surface area contributed by atoms with Gasteiger partial charge < -0.3 is 10.5 Å². The molecule has 0 spiro atoms. The van der Waals surface area contributed by atoms with Crippen LogP contribution in [0.25, 0.3) is 0 Å². The number of carbonyl (C=O) groups is 1. The number of nitrogens with zero attached hydrogens (tertiary/aromatic N) is 1. The highest BCUT2D eigenvalue weighted by Crippen LogP contribution is 2.13. The predicted molar refractivity (Wildman–Crippen MR) is 64.6 cm³/mol. The minimum Gasteiger partial charge on any atom is -0.446 e. The van der Waals surface area contributed by atoms with Crippen molar-refractivity contribution in [2.75, 3.05) is 11.9 Å². The molecule has 0 fully saturated rings. The minimum absolute atomic E-state index is 0.178. The van der Waals surface area contributed by atoms with Crippen molar-refractivity contribution < 1.29 is 9.53 Å². The summed E-state index contributed by atoms with van der Waals surface area (Å²) in [4.78, 5) is 11.3. The number of hydrogen-bond acceptors (Lipinski definition) is 4. The first-order chi connectivity index (χ1) is 7.93. The third-order valence-electron chi connectivity index (χ3n) is 1.85. The van der Waals surface area contributed by atoms with E-state index >= 15 is 0 Å². The Labute approximate surface area is 104 Å². The number of halogens is 1. The highest BCUT2D eigenvalue weighted by molar-refractivity contribution is 6.30. The third kappa shape index (κ3) is 4.72. The van der Waals surface area contributed by atoms with Crippen molar-refractivity contribution >= 4 is 23.4 Å². The fraction of sp³-hybridized carbons (Fsp3) is 0.273. The number of nitrogens with one attached hydrogen (secondary N) is 1. The summed E-state index contributed by atoms with van der Waals surface area (Å²) in [6.45, 7) is 1.30. The lowest BCUT2D eigenvalue weighted by Crippen LogP contribution is -2.40. The van der Waals surface area contributed by atoms with Crippen molar-refractivity contribution in [1.82, 2.24) is 0 Å². The van der Waals surface area contributed by atoms with Crippen LogP contribution in [0, 0.1) is 11.3 Å². The monoisotopic (exact) mass is 253 g/mol. The average molecular weight is 254 g/mol. The fourth-order valence-corrected chi connectivity index (χ4v) is 1.06. The molecular formula is C11H12ClN3O2. The Balaban J connectivity index is 2.46. The summed E-state index contributed by atoms with van der Waals surface area (Å²) < 4.78 is 4.80. The summed E-state index contributed by atoms with van der Waals surface area (Å²) in [5, 5.41) is 11.7. The second-order valence-corrected chi connectivity index (χ2v) is 4.17. The van der Waals surface area contributed by atoms with E-state index < -0.39 is 11.6 Å². The summed E-state index contributed by atoms with van der Waals surface area (Å²) >= 11 is 5.69. The Bertz CT molecular complexity index is 437. The molecule has 0 radical (unpaired) electrons. The van der Waals surface area contributed by atoms with Gasteiger partial charge >= 0.3 is 6.09 Å². The molecule has 0 aliphatic rings. The topological polar surface area (TPSA) is 88.1 Å². The van der Waals surface area contributed by atoms with Gasteiger partial charge in [0, 0.05) is 10.7 Å². The average Bonchev–Trinajstić information content (AvgIpc) is 2.30. The summed E-state index contributed by atoms with van der Waals surface area (Å²) in [7, 11) is 0. The molecule has 0 bridgehead atoms. The van der Waals surface area contributed by atoms with E-state index in [4.69, 9.17) is 27.3 Å². The van der Waals surface area contributed by atoms with Crippen LogP contribution in [0.4, 0.5) is 10.5 Å². The van der Waals surface area contributed by atoms with Gasteiger partial charge in [-0.2, -0.15) is 5.26 Å². The van der Waals surface area contributed by atoms with Gasteiger partial charge in [-0.25, -0.2) is 4.79 Å². The van der Waals surface area contributed by atoms with Crippen molar-refractivity contribution in [2.24, 2.45) is 5.73 Å². The number of amides is 1. The van der Waals surface area contributed by atoms with Crippen molar-refractivity contribution in [2.45, 2.75) is 12.5 Å². The molecule has 5 nitrogen and oxygen atoms in total. The second kappa shape index (κ2) is 5.53. The molecule has 1 unspecified atom stereocenters. The molecule has 0 aliphatic heterocycles. The molecule has 0 saturated carbocycles. The van der Waals surface area contributed by atoms with Crippen LogP contribution in [-0.2, 0) is 4.74 Å². The molecule has 0 saturated heterocycles. The maximum Gasteiger partial charge on any atom is 0.411 e. The van der Waals surface area contributed by atoms with Crippen LogP contribution in [0.1, 0.15) is 6.92 Å². The van der Waals surface area contributed by atoms with Crippen LogP contribution in [-0.4, -0.2) is 18.2 Å². The Morgan fingerprint density at radius 2 is 2.18 bits per heavy atom. The van der Waals surface area contributed by atoms with Crippen LogP contribution >= 0.6 is 11.6 Å². The molecule has 0 aliphatic carbocycles. The Hall–Kier alpha value is -1.77. The van der Waals surface area contributed by atoms with E-state index in [0.717, 1.165) is 0 Å². The normalized spacial score (nSPS) is 13.3. The van der Waals surface area contributed by atoms with Crippen LogP contribution in [0.15, 0.2) is 24.3 Å². The maximum atomic E-state index is 11.3. The zero-order valence-corrected chi connectivity index (χ0v) is 9.99. The van der Waals surface area contributed by atoms with Crippen LogP contribution < -0.4 is 11.1 Å². The van der Waals surface area contributed by atoms with E-state index in [-0.39, 0.29) is 6.61 Å². The first kappa shape index (κ1) is 13.3. The van der Waals surface area contributed by atoms with E-state index in [1.807, 2.05) is 6.07 Å². The number of ether oxygens (including phenoxy) is 1. The molecule has 0 aromatic heterocycles. The maximum absolute atomic E-state index is 11.3. The summed E-state index contributed by atoms with van der Waals surface area (Å²) in [6.07, 6.45) is -0.667. The molecule has 1 rings (SSSR count). The fourth-order valence-electron chi connectivity index (χ4n) is 0.935. The van der Waals surface area contributed by atoms with Crippen molar-refractivity contribution in [3.05, 3.63) is 29.3 Å². The zero-order chi connectivity index (χ0) is 12.9. The molecule has 90 valence electrons. The van der Waals surface area contributed by atoms with Crippen molar-refractivity contribution in [3.63, 3.8) is 0 Å². The third-order valence-corrected chi connectivity index (χ3v) is 2.10. The summed E-state index contributed by atoms with van der Waals surface area (Å²) in [5.74, 6) is 0. The van der Waals surface area contributed by atoms with Crippen LogP contribution in [0.3, 0.4) is 0 Å². The number of nitrogens with two attached hydrogens (primary N) is 1. The molecule has 1 amide bonds. The summed E-state index contributed by atoms with van der Waals surface area (Å²) in [5.41, 5.74) is 4.86. The number of hydrogen-bond donors (Lipinski definition) is 2.